The number of hydrogen-bond acceptors (Lipinski definition) is 2. The molecule has 2 rings (SSSR count). The lowest BCUT2D eigenvalue weighted by atomic mass is 9.93. The molecule has 1 N–H and O–H groups in total. The first-order valence-corrected chi connectivity index (χ1v) is 7.50. The lowest BCUT2D eigenvalue weighted by molar-refractivity contribution is 0.0505. The molecule has 1 saturated carbocycles. The van der Waals surface area contributed by atoms with Gasteiger partial charge in [0.1, 0.15) is 0 Å². The van der Waals surface area contributed by atoms with Crippen molar-refractivity contribution >= 4 is 0 Å². The average Bonchev–Trinajstić information content (AvgIpc) is 3.22. The van der Waals surface area contributed by atoms with Gasteiger partial charge in [-0.25, -0.2) is 0 Å². The van der Waals surface area contributed by atoms with E-state index in [4.69, 9.17) is 4.74 Å². The zero-order valence-corrected chi connectivity index (χ0v) is 12.7. The maximum atomic E-state index is 5.82. The Kier molecular flexibility index (Phi) is 5.00. The van der Waals surface area contributed by atoms with Crippen molar-refractivity contribution in [2.75, 3.05) is 13.7 Å². The molecule has 0 heterocycles. The van der Waals surface area contributed by atoms with Gasteiger partial charge < -0.3 is 10.1 Å². The fourth-order valence-electron chi connectivity index (χ4n) is 2.82. The Balaban J connectivity index is 2.26. The third-order valence-corrected chi connectivity index (χ3v) is 4.07. The van der Waals surface area contributed by atoms with Gasteiger partial charge in [-0.1, -0.05) is 30.7 Å². The number of rotatable bonds is 7. The van der Waals surface area contributed by atoms with E-state index in [0.717, 1.165) is 18.9 Å². The predicted molar refractivity (Wildman–Crippen MR) is 80.5 cm³/mol. The molecule has 1 aliphatic rings. The highest BCUT2D eigenvalue weighted by atomic mass is 16.5. The predicted octanol–water partition coefficient (Wildman–Crippen LogP) is 3.77. The van der Waals surface area contributed by atoms with Crippen molar-refractivity contribution in [2.45, 2.75) is 52.2 Å². The molecule has 0 saturated heterocycles. The largest absolute Gasteiger partial charge is 0.379 e. The summed E-state index contributed by atoms with van der Waals surface area (Å²) in [5.41, 5.74) is 4.10. The second kappa shape index (κ2) is 6.53. The van der Waals surface area contributed by atoms with Crippen LogP contribution in [0.2, 0.25) is 0 Å². The lowest BCUT2D eigenvalue weighted by Gasteiger charge is -2.29. The molecule has 1 aliphatic carbocycles. The standard InChI is InChI=1S/C17H27NO/c1-5-10-18-16(17(19-4)14-8-9-14)15-11-12(2)6-7-13(15)3/h6-7,11,14,16-18H,5,8-10H2,1-4H3. The fraction of sp³-hybridized carbons (Fsp3) is 0.647. The quantitative estimate of drug-likeness (QED) is 0.806. The first-order valence-electron chi connectivity index (χ1n) is 7.50. The molecule has 106 valence electrons. The van der Waals surface area contributed by atoms with Gasteiger partial charge in [0.05, 0.1) is 12.1 Å². The summed E-state index contributed by atoms with van der Waals surface area (Å²) in [5.74, 6) is 0.735. The van der Waals surface area contributed by atoms with Crippen molar-refractivity contribution in [3.8, 4) is 0 Å². The summed E-state index contributed by atoms with van der Waals surface area (Å²) in [7, 11) is 1.86. The van der Waals surface area contributed by atoms with Gasteiger partial charge in [0.25, 0.3) is 0 Å². The number of ether oxygens (including phenoxy) is 1. The van der Waals surface area contributed by atoms with Crippen LogP contribution in [0.5, 0.6) is 0 Å². The summed E-state index contributed by atoms with van der Waals surface area (Å²) in [6.45, 7) is 7.63. The highest BCUT2D eigenvalue weighted by Crippen LogP contribution is 2.40. The van der Waals surface area contributed by atoms with Crippen molar-refractivity contribution in [2.24, 2.45) is 5.92 Å². The molecule has 1 aromatic rings. The van der Waals surface area contributed by atoms with Crippen LogP contribution in [-0.2, 0) is 4.74 Å². The Morgan fingerprint density at radius 3 is 2.63 bits per heavy atom. The normalized spacial score (nSPS) is 18.3. The van der Waals surface area contributed by atoms with Crippen LogP contribution in [0.1, 0.15) is 48.9 Å². The van der Waals surface area contributed by atoms with E-state index in [1.807, 2.05) is 7.11 Å². The minimum Gasteiger partial charge on any atom is -0.379 e. The minimum atomic E-state index is 0.312. The molecule has 0 aliphatic heterocycles. The van der Waals surface area contributed by atoms with E-state index in [1.54, 1.807) is 0 Å². The number of hydrogen-bond donors (Lipinski definition) is 1. The van der Waals surface area contributed by atoms with Gasteiger partial charge in [0, 0.05) is 7.11 Å². The summed E-state index contributed by atoms with van der Waals surface area (Å²) in [5, 5.41) is 3.70. The highest BCUT2D eigenvalue weighted by Gasteiger charge is 2.37. The second-order valence-corrected chi connectivity index (χ2v) is 5.83. The van der Waals surface area contributed by atoms with Crippen LogP contribution < -0.4 is 5.32 Å². The van der Waals surface area contributed by atoms with E-state index in [1.165, 1.54) is 29.5 Å². The van der Waals surface area contributed by atoms with Crippen molar-refractivity contribution in [3.63, 3.8) is 0 Å². The summed E-state index contributed by atoms with van der Waals surface area (Å²) in [4.78, 5) is 0. The average molecular weight is 261 g/mol. The SMILES string of the molecule is CCCNC(c1cc(C)ccc1C)C(OC)C1CC1. The molecule has 0 radical (unpaired) electrons. The van der Waals surface area contributed by atoms with Crippen LogP contribution in [0.15, 0.2) is 18.2 Å². The zero-order valence-electron chi connectivity index (χ0n) is 12.7. The first kappa shape index (κ1) is 14.5. The van der Waals surface area contributed by atoms with Crippen molar-refractivity contribution < 1.29 is 4.74 Å². The molecule has 19 heavy (non-hydrogen) atoms. The van der Waals surface area contributed by atoms with Crippen LogP contribution in [0.25, 0.3) is 0 Å². The summed E-state index contributed by atoms with van der Waals surface area (Å²) < 4.78 is 5.82. The molecule has 0 bridgehead atoms. The van der Waals surface area contributed by atoms with Gasteiger partial charge in [0.15, 0.2) is 0 Å². The van der Waals surface area contributed by atoms with E-state index < -0.39 is 0 Å². The van der Waals surface area contributed by atoms with Crippen LogP contribution in [0, 0.1) is 19.8 Å². The van der Waals surface area contributed by atoms with Crippen LogP contribution in [0.4, 0.5) is 0 Å². The van der Waals surface area contributed by atoms with Crippen LogP contribution >= 0.6 is 0 Å². The van der Waals surface area contributed by atoms with Gasteiger partial charge in [-0.3, -0.25) is 0 Å². The van der Waals surface area contributed by atoms with E-state index in [9.17, 15) is 0 Å². The summed E-state index contributed by atoms with van der Waals surface area (Å²) in [6, 6.07) is 7.06. The Morgan fingerprint density at radius 1 is 1.32 bits per heavy atom. The number of methoxy groups -OCH3 is 1. The van der Waals surface area contributed by atoms with Crippen molar-refractivity contribution in [3.05, 3.63) is 34.9 Å². The van der Waals surface area contributed by atoms with Crippen molar-refractivity contribution in [1.82, 2.24) is 5.32 Å². The van der Waals surface area contributed by atoms with Crippen molar-refractivity contribution in [1.29, 1.82) is 0 Å². The molecular formula is C17H27NO. The molecular weight excluding hydrogens is 234 g/mol. The smallest absolute Gasteiger partial charge is 0.0794 e. The summed E-state index contributed by atoms with van der Waals surface area (Å²) >= 11 is 0. The summed E-state index contributed by atoms with van der Waals surface area (Å²) in [6.07, 6.45) is 4.09. The molecule has 1 fully saturated rings. The molecule has 2 atom stereocenters. The van der Waals surface area contributed by atoms with Gasteiger partial charge in [-0.15, -0.1) is 0 Å². The second-order valence-electron chi connectivity index (χ2n) is 5.83. The van der Waals surface area contributed by atoms with E-state index in [0.29, 0.717) is 12.1 Å². The van der Waals surface area contributed by atoms with Gasteiger partial charge >= 0.3 is 0 Å². The Labute approximate surface area is 117 Å². The number of aryl methyl sites for hydroxylation is 2. The molecule has 2 nitrogen and oxygen atoms in total. The molecule has 2 unspecified atom stereocenters. The van der Waals surface area contributed by atoms with E-state index >= 15 is 0 Å². The van der Waals surface area contributed by atoms with Crippen LogP contribution in [-0.4, -0.2) is 19.8 Å². The van der Waals surface area contributed by atoms with Crippen LogP contribution in [0.3, 0.4) is 0 Å². The van der Waals surface area contributed by atoms with Gasteiger partial charge in [-0.05, 0) is 56.7 Å². The number of nitrogens with one attached hydrogen (secondary N) is 1. The zero-order chi connectivity index (χ0) is 13.8. The highest BCUT2D eigenvalue weighted by molar-refractivity contribution is 5.34. The lowest BCUT2D eigenvalue weighted by Crippen LogP contribution is -2.35. The fourth-order valence-corrected chi connectivity index (χ4v) is 2.82. The maximum Gasteiger partial charge on any atom is 0.0794 e. The molecule has 2 heteroatoms. The first-order chi connectivity index (χ1) is 9.17. The molecule has 1 aromatic carbocycles. The third kappa shape index (κ3) is 3.58. The van der Waals surface area contributed by atoms with Gasteiger partial charge in [-0.2, -0.15) is 0 Å². The molecule has 0 spiro atoms. The third-order valence-electron chi connectivity index (χ3n) is 4.07. The van der Waals surface area contributed by atoms with Gasteiger partial charge in [0.2, 0.25) is 0 Å². The van der Waals surface area contributed by atoms with E-state index in [2.05, 4.69) is 44.3 Å². The Bertz CT molecular complexity index is 412. The number of benzene rings is 1. The Morgan fingerprint density at radius 2 is 2.05 bits per heavy atom. The Hall–Kier alpha value is -0.860. The molecule has 0 amide bonds. The topological polar surface area (TPSA) is 21.3 Å². The minimum absolute atomic E-state index is 0.312. The molecule has 0 aromatic heterocycles. The van der Waals surface area contributed by atoms with E-state index in [-0.39, 0.29) is 0 Å². The monoisotopic (exact) mass is 261 g/mol. The maximum absolute atomic E-state index is 5.82.